The molecule has 0 aliphatic heterocycles. The van der Waals surface area contributed by atoms with Gasteiger partial charge in [0.15, 0.2) is 0 Å². The third-order valence-electron chi connectivity index (χ3n) is 3.77. The molecule has 1 rings (SSSR count). The third-order valence-corrected chi connectivity index (χ3v) is 3.77. The zero-order chi connectivity index (χ0) is 14.8. The molecule has 0 saturated heterocycles. The molecule has 0 aliphatic carbocycles. The molecule has 1 aromatic carbocycles. The zero-order valence-electron chi connectivity index (χ0n) is 13.4. The fraction of sp³-hybridized carbons (Fsp3) is 0.667. The summed E-state index contributed by atoms with van der Waals surface area (Å²) < 4.78 is 5.77. The predicted octanol–water partition coefficient (Wildman–Crippen LogP) is 4.88. The number of hydrogen-bond donors (Lipinski definition) is 1. The highest BCUT2D eigenvalue weighted by atomic mass is 16.5. The van der Waals surface area contributed by atoms with Crippen molar-refractivity contribution in [3.8, 4) is 5.75 Å². The molecule has 0 saturated carbocycles. The van der Waals surface area contributed by atoms with Gasteiger partial charge < -0.3 is 10.5 Å². The highest BCUT2D eigenvalue weighted by molar-refractivity contribution is 5.29. The lowest BCUT2D eigenvalue weighted by Crippen LogP contribution is -2.15. The van der Waals surface area contributed by atoms with E-state index in [1.165, 1.54) is 24.8 Å². The molecule has 114 valence electrons. The molecule has 2 nitrogen and oxygen atoms in total. The smallest absolute Gasteiger partial charge is 0.119 e. The van der Waals surface area contributed by atoms with Crippen LogP contribution in [0, 0.1) is 0 Å². The van der Waals surface area contributed by atoms with Crippen molar-refractivity contribution >= 4 is 0 Å². The maximum atomic E-state index is 5.81. The Bertz CT molecular complexity index is 345. The van der Waals surface area contributed by atoms with Gasteiger partial charge in [0, 0.05) is 6.04 Å². The van der Waals surface area contributed by atoms with Crippen LogP contribution in [0.4, 0.5) is 0 Å². The van der Waals surface area contributed by atoms with E-state index in [0.717, 1.165) is 31.6 Å². The van der Waals surface area contributed by atoms with Gasteiger partial charge in [-0.15, -0.1) is 0 Å². The first kappa shape index (κ1) is 17.0. The molecule has 0 bridgehead atoms. The van der Waals surface area contributed by atoms with Crippen molar-refractivity contribution in [2.75, 3.05) is 6.61 Å². The maximum Gasteiger partial charge on any atom is 0.119 e. The first-order valence-corrected chi connectivity index (χ1v) is 8.11. The Hall–Kier alpha value is -1.02. The second-order valence-corrected chi connectivity index (χ2v) is 5.93. The Morgan fingerprint density at radius 1 is 1.00 bits per heavy atom. The fourth-order valence-corrected chi connectivity index (χ4v) is 2.29. The summed E-state index contributed by atoms with van der Waals surface area (Å²) in [7, 11) is 0. The van der Waals surface area contributed by atoms with Crippen molar-refractivity contribution in [2.45, 2.75) is 71.3 Å². The lowest BCUT2D eigenvalue weighted by atomic mass is 9.95. The van der Waals surface area contributed by atoms with Gasteiger partial charge in [0.05, 0.1) is 6.61 Å². The quantitative estimate of drug-likeness (QED) is 0.619. The van der Waals surface area contributed by atoms with E-state index in [1.807, 2.05) is 0 Å². The molecule has 0 radical (unpaired) electrons. The van der Waals surface area contributed by atoms with E-state index in [2.05, 4.69) is 45.0 Å². The number of rotatable bonds is 10. The van der Waals surface area contributed by atoms with Gasteiger partial charge in [0.2, 0.25) is 0 Å². The van der Waals surface area contributed by atoms with Crippen molar-refractivity contribution in [3.05, 3.63) is 29.8 Å². The van der Waals surface area contributed by atoms with Crippen LogP contribution >= 0.6 is 0 Å². The largest absolute Gasteiger partial charge is 0.494 e. The molecule has 2 heteroatoms. The van der Waals surface area contributed by atoms with Crippen molar-refractivity contribution < 1.29 is 4.74 Å². The summed E-state index contributed by atoms with van der Waals surface area (Å²) in [6, 6.07) is 8.86. The fourth-order valence-electron chi connectivity index (χ4n) is 2.29. The number of unbranched alkanes of at least 4 members (excludes halogenated alkanes) is 3. The Morgan fingerprint density at radius 3 is 2.30 bits per heavy atom. The van der Waals surface area contributed by atoms with Gasteiger partial charge in [-0.2, -0.15) is 0 Å². The van der Waals surface area contributed by atoms with Crippen molar-refractivity contribution in [2.24, 2.45) is 5.73 Å². The summed E-state index contributed by atoms with van der Waals surface area (Å²) in [4.78, 5) is 0. The lowest BCUT2D eigenvalue weighted by Gasteiger charge is -2.14. The Morgan fingerprint density at radius 2 is 1.70 bits per heavy atom. The second-order valence-electron chi connectivity index (χ2n) is 5.93. The highest BCUT2D eigenvalue weighted by Gasteiger charge is 2.07. The zero-order valence-corrected chi connectivity index (χ0v) is 13.4. The van der Waals surface area contributed by atoms with E-state index in [-0.39, 0.29) is 0 Å². The summed E-state index contributed by atoms with van der Waals surface area (Å²) in [5, 5.41) is 0. The number of hydrogen-bond acceptors (Lipinski definition) is 2. The van der Waals surface area contributed by atoms with Crippen LogP contribution in [-0.4, -0.2) is 12.6 Å². The average Bonchev–Trinajstić information content (AvgIpc) is 2.45. The first-order valence-electron chi connectivity index (χ1n) is 8.11. The van der Waals surface area contributed by atoms with Crippen LogP contribution < -0.4 is 10.5 Å². The molecule has 2 unspecified atom stereocenters. The number of nitrogens with two attached hydrogens (primary N) is 1. The Labute approximate surface area is 124 Å². The maximum absolute atomic E-state index is 5.81. The van der Waals surface area contributed by atoms with Crippen molar-refractivity contribution in [3.63, 3.8) is 0 Å². The average molecular weight is 277 g/mol. The van der Waals surface area contributed by atoms with Crippen LogP contribution in [0.25, 0.3) is 0 Å². The van der Waals surface area contributed by atoms with Gasteiger partial charge in [0.1, 0.15) is 5.75 Å². The Balaban J connectivity index is 2.32. The summed E-state index contributed by atoms with van der Waals surface area (Å²) in [6.45, 7) is 7.40. The minimum Gasteiger partial charge on any atom is -0.494 e. The van der Waals surface area contributed by atoms with Crippen LogP contribution in [0.1, 0.15) is 70.8 Å². The van der Waals surface area contributed by atoms with Gasteiger partial charge in [-0.05, 0) is 49.8 Å². The van der Waals surface area contributed by atoms with Gasteiger partial charge in [-0.3, -0.25) is 0 Å². The highest BCUT2D eigenvalue weighted by Crippen LogP contribution is 2.23. The van der Waals surface area contributed by atoms with E-state index < -0.39 is 0 Å². The monoisotopic (exact) mass is 277 g/mol. The van der Waals surface area contributed by atoms with E-state index in [4.69, 9.17) is 10.5 Å². The van der Waals surface area contributed by atoms with Crippen molar-refractivity contribution in [1.29, 1.82) is 0 Å². The summed E-state index contributed by atoms with van der Waals surface area (Å²) in [5.41, 5.74) is 7.19. The van der Waals surface area contributed by atoms with Crippen LogP contribution in [0.2, 0.25) is 0 Å². The molecule has 0 aliphatic rings. The third kappa shape index (κ3) is 6.95. The molecular formula is C18H31NO. The van der Waals surface area contributed by atoms with Crippen LogP contribution in [0.5, 0.6) is 5.75 Å². The molecule has 0 spiro atoms. The molecule has 2 atom stereocenters. The predicted molar refractivity (Wildman–Crippen MR) is 87.4 cm³/mol. The Kier molecular flexibility index (Phi) is 8.36. The lowest BCUT2D eigenvalue weighted by molar-refractivity contribution is 0.305. The van der Waals surface area contributed by atoms with Gasteiger partial charge in [-0.25, -0.2) is 0 Å². The molecule has 0 amide bonds. The minimum absolute atomic E-state index is 0.295. The van der Waals surface area contributed by atoms with Gasteiger partial charge in [-0.1, -0.05) is 45.2 Å². The SMILES string of the molecule is CCCCCCOc1ccc(C(C)CCC(C)N)cc1. The second kappa shape index (κ2) is 9.82. The van der Waals surface area contributed by atoms with E-state index in [1.54, 1.807) is 0 Å². The molecule has 0 fully saturated rings. The van der Waals surface area contributed by atoms with Crippen LogP contribution in [0.3, 0.4) is 0 Å². The summed E-state index contributed by atoms with van der Waals surface area (Å²) in [5.74, 6) is 1.56. The minimum atomic E-state index is 0.295. The van der Waals surface area contributed by atoms with Crippen LogP contribution in [-0.2, 0) is 0 Å². The molecule has 0 aromatic heterocycles. The summed E-state index contributed by atoms with van der Waals surface area (Å²) in [6.07, 6.45) is 7.22. The topological polar surface area (TPSA) is 35.2 Å². The number of ether oxygens (including phenoxy) is 1. The van der Waals surface area contributed by atoms with E-state index in [9.17, 15) is 0 Å². The van der Waals surface area contributed by atoms with Gasteiger partial charge >= 0.3 is 0 Å². The van der Waals surface area contributed by atoms with Crippen LogP contribution in [0.15, 0.2) is 24.3 Å². The molecular weight excluding hydrogens is 246 g/mol. The molecule has 2 N–H and O–H groups in total. The normalized spacial score (nSPS) is 14.0. The number of benzene rings is 1. The van der Waals surface area contributed by atoms with E-state index in [0.29, 0.717) is 12.0 Å². The molecule has 0 heterocycles. The molecule has 1 aromatic rings. The van der Waals surface area contributed by atoms with E-state index >= 15 is 0 Å². The summed E-state index contributed by atoms with van der Waals surface area (Å²) >= 11 is 0. The molecule has 20 heavy (non-hydrogen) atoms. The standard InChI is InChI=1S/C18H31NO/c1-4-5-6-7-14-20-18-12-10-17(11-13-18)15(2)8-9-16(3)19/h10-13,15-16H,4-9,14,19H2,1-3H3. The van der Waals surface area contributed by atoms with Crippen molar-refractivity contribution in [1.82, 2.24) is 0 Å². The van der Waals surface area contributed by atoms with Gasteiger partial charge in [0.25, 0.3) is 0 Å². The first-order chi connectivity index (χ1) is 9.63.